The molecule has 100 valence electrons. The number of aromatic nitrogens is 4. The molecule has 0 spiro atoms. The van der Waals surface area contributed by atoms with Gasteiger partial charge in [0.1, 0.15) is 0 Å². The van der Waals surface area contributed by atoms with E-state index in [-0.39, 0.29) is 5.69 Å². The topological polar surface area (TPSA) is 69.9 Å². The van der Waals surface area contributed by atoms with E-state index in [0.717, 1.165) is 17.0 Å². The number of carbonyl (C=O) groups is 1. The molecule has 0 amide bonds. The number of hydrogen-bond donors (Lipinski definition) is 0. The molecule has 0 aliphatic carbocycles. The molecule has 0 unspecified atom stereocenters. The molecule has 0 aliphatic heterocycles. The summed E-state index contributed by atoms with van der Waals surface area (Å²) in [6.07, 6.45) is 0. The molecule has 0 fully saturated rings. The molecule has 2 aromatic rings. The van der Waals surface area contributed by atoms with E-state index in [9.17, 15) is 4.79 Å². The first-order chi connectivity index (χ1) is 9.02. The molecule has 0 radical (unpaired) electrons. The van der Waals surface area contributed by atoms with Crippen molar-refractivity contribution in [1.29, 1.82) is 0 Å². The quantitative estimate of drug-likeness (QED) is 0.786. The standard InChI is InChI=1S/C13H16N4O2/c1-5-19-13(18)12-8(2)6-11(14-15-12)17-10(4)7-9(3)16-17/h6-7H,5H2,1-4H3. The molecule has 2 rings (SSSR count). The van der Waals surface area contributed by atoms with Crippen LogP contribution in [0, 0.1) is 20.8 Å². The van der Waals surface area contributed by atoms with Crippen LogP contribution in [0.5, 0.6) is 0 Å². The zero-order valence-electron chi connectivity index (χ0n) is 11.5. The van der Waals surface area contributed by atoms with Crippen LogP contribution in [0.2, 0.25) is 0 Å². The summed E-state index contributed by atoms with van der Waals surface area (Å²) in [4.78, 5) is 11.6. The normalized spacial score (nSPS) is 10.5. The lowest BCUT2D eigenvalue weighted by Gasteiger charge is -2.07. The lowest BCUT2D eigenvalue weighted by molar-refractivity contribution is 0.0517. The van der Waals surface area contributed by atoms with Crippen molar-refractivity contribution in [1.82, 2.24) is 20.0 Å². The van der Waals surface area contributed by atoms with E-state index in [0.29, 0.717) is 12.4 Å². The average molecular weight is 260 g/mol. The van der Waals surface area contributed by atoms with E-state index in [2.05, 4.69) is 15.3 Å². The number of carbonyl (C=O) groups excluding carboxylic acids is 1. The van der Waals surface area contributed by atoms with Gasteiger partial charge in [-0.1, -0.05) is 0 Å². The summed E-state index contributed by atoms with van der Waals surface area (Å²) in [6.45, 7) is 7.73. The predicted molar refractivity (Wildman–Crippen MR) is 69.3 cm³/mol. The highest BCUT2D eigenvalue weighted by atomic mass is 16.5. The van der Waals surface area contributed by atoms with Crippen molar-refractivity contribution in [2.45, 2.75) is 27.7 Å². The van der Waals surface area contributed by atoms with Crippen LogP contribution in [0.15, 0.2) is 12.1 Å². The van der Waals surface area contributed by atoms with Crippen LogP contribution >= 0.6 is 0 Å². The molecule has 0 saturated heterocycles. The van der Waals surface area contributed by atoms with E-state index in [1.165, 1.54) is 0 Å². The van der Waals surface area contributed by atoms with E-state index in [4.69, 9.17) is 4.74 Å². The molecule has 0 N–H and O–H groups in total. The third kappa shape index (κ3) is 2.62. The molecule has 19 heavy (non-hydrogen) atoms. The summed E-state index contributed by atoms with van der Waals surface area (Å²) in [5, 5.41) is 12.3. The van der Waals surface area contributed by atoms with Gasteiger partial charge in [0.25, 0.3) is 0 Å². The Morgan fingerprint density at radius 3 is 2.53 bits per heavy atom. The largest absolute Gasteiger partial charge is 0.461 e. The number of aryl methyl sites for hydroxylation is 3. The maximum absolute atomic E-state index is 11.6. The smallest absolute Gasteiger partial charge is 0.359 e. The van der Waals surface area contributed by atoms with Crippen molar-refractivity contribution in [3.63, 3.8) is 0 Å². The maximum Gasteiger partial charge on any atom is 0.359 e. The molecule has 2 heterocycles. The van der Waals surface area contributed by atoms with Crippen LogP contribution in [-0.4, -0.2) is 32.6 Å². The average Bonchev–Trinajstić information content (AvgIpc) is 2.68. The van der Waals surface area contributed by atoms with Crippen molar-refractivity contribution < 1.29 is 9.53 Å². The van der Waals surface area contributed by atoms with Crippen molar-refractivity contribution in [3.05, 3.63) is 34.8 Å². The molecule has 6 nitrogen and oxygen atoms in total. The molecule has 0 bridgehead atoms. The summed E-state index contributed by atoms with van der Waals surface area (Å²) in [5.41, 5.74) is 2.84. The summed E-state index contributed by atoms with van der Waals surface area (Å²) in [6, 6.07) is 3.73. The van der Waals surface area contributed by atoms with Gasteiger partial charge in [-0.2, -0.15) is 5.10 Å². The van der Waals surface area contributed by atoms with Crippen molar-refractivity contribution in [2.24, 2.45) is 0 Å². The zero-order valence-corrected chi connectivity index (χ0v) is 11.5. The van der Waals surface area contributed by atoms with Gasteiger partial charge >= 0.3 is 5.97 Å². The fourth-order valence-corrected chi connectivity index (χ4v) is 1.84. The maximum atomic E-state index is 11.6. The number of hydrogen-bond acceptors (Lipinski definition) is 5. The second kappa shape index (κ2) is 5.17. The molecule has 0 saturated carbocycles. The van der Waals surface area contributed by atoms with Crippen molar-refractivity contribution in [2.75, 3.05) is 6.61 Å². The minimum absolute atomic E-state index is 0.243. The summed E-state index contributed by atoms with van der Waals surface area (Å²) < 4.78 is 6.62. The molecule has 2 aromatic heterocycles. The van der Waals surface area contributed by atoms with Gasteiger partial charge in [0, 0.05) is 5.69 Å². The molecule has 0 atom stereocenters. The van der Waals surface area contributed by atoms with Gasteiger partial charge in [-0.15, -0.1) is 10.2 Å². The fraction of sp³-hybridized carbons (Fsp3) is 0.385. The zero-order chi connectivity index (χ0) is 14.0. The van der Waals surface area contributed by atoms with Crippen LogP contribution in [0.1, 0.15) is 34.4 Å². The van der Waals surface area contributed by atoms with Crippen LogP contribution in [0.3, 0.4) is 0 Å². The first-order valence-electron chi connectivity index (χ1n) is 6.08. The monoisotopic (exact) mass is 260 g/mol. The SMILES string of the molecule is CCOC(=O)c1nnc(-n2nc(C)cc2C)cc1C. The fourth-order valence-electron chi connectivity index (χ4n) is 1.84. The van der Waals surface area contributed by atoms with Crippen LogP contribution < -0.4 is 0 Å². The highest BCUT2D eigenvalue weighted by Crippen LogP contribution is 2.13. The Morgan fingerprint density at radius 1 is 1.26 bits per heavy atom. The summed E-state index contributed by atoms with van der Waals surface area (Å²) >= 11 is 0. The first-order valence-corrected chi connectivity index (χ1v) is 6.08. The molecule has 0 aromatic carbocycles. The number of ether oxygens (including phenoxy) is 1. The number of esters is 1. The third-order valence-electron chi connectivity index (χ3n) is 2.67. The van der Waals surface area contributed by atoms with Gasteiger partial charge in [-0.25, -0.2) is 9.48 Å². The Bertz CT molecular complexity index is 619. The summed E-state index contributed by atoms with van der Waals surface area (Å²) in [7, 11) is 0. The van der Waals surface area contributed by atoms with Crippen LogP contribution in [0.25, 0.3) is 5.82 Å². The minimum Gasteiger partial charge on any atom is -0.461 e. The second-order valence-electron chi connectivity index (χ2n) is 4.29. The third-order valence-corrected chi connectivity index (χ3v) is 2.67. The highest BCUT2D eigenvalue weighted by Gasteiger charge is 2.15. The Morgan fingerprint density at radius 2 is 2.00 bits per heavy atom. The Labute approximate surface area is 111 Å². The van der Waals surface area contributed by atoms with Gasteiger partial charge in [-0.05, 0) is 45.4 Å². The Kier molecular flexibility index (Phi) is 3.59. The molecule has 6 heteroatoms. The first kappa shape index (κ1) is 13.2. The lowest BCUT2D eigenvalue weighted by atomic mass is 10.2. The predicted octanol–water partition coefficient (Wildman–Crippen LogP) is 1.76. The van der Waals surface area contributed by atoms with Crippen LogP contribution in [0.4, 0.5) is 0 Å². The van der Waals surface area contributed by atoms with Gasteiger partial charge in [0.15, 0.2) is 11.5 Å². The van der Waals surface area contributed by atoms with E-state index in [1.807, 2.05) is 19.9 Å². The Balaban J connectivity index is 2.39. The number of nitrogens with zero attached hydrogens (tertiary/aromatic N) is 4. The number of rotatable bonds is 3. The van der Waals surface area contributed by atoms with Crippen molar-refractivity contribution in [3.8, 4) is 5.82 Å². The van der Waals surface area contributed by atoms with Crippen molar-refractivity contribution >= 4 is 5.97 Å². The molecular formula is C13H16N4O2. The van der Waals surface area contributed by atoms with E-state index >= 15 is 0 Å². The molecule has 0 aliphatic rings. The van der Waals surface area contributed by atoms with Crippen LogP contribution in [-0.2, 0) is 4.74 Å². The van der Waals surface area contributed by atoms with E-state index < -0.39 is 5.97 Å². The van der Waals surface area contributed by atoms with Gasteiger partial charge < -0.3 is 4.74 Å². The van der Waals surface area contributed by atoms with Gasteiger partial charge in [0.2, 0.25) is 0 Å². The van der Waals surface area contributed by atoms with Gasteiger partial charge in [-0.3, -0.25) is 0 Å². The highest BCUT2D eigenvalue weighted by molar-refractivity contribution is 5.88. The second-order valence-corrected chi connectivity index (χ2v) is 4.29. The summed E-state index contributed by atoms with van der Waals surface area (Å²) in [5.74, 6) is 0.142. The van der Waals surface area contributed by atoms with Gasteiger partial charge in [0.05, 0.1) is 12.3 Å². The Hall–Kier alpha value is -2.24. The molecular weight excluding hydrogens is 244 g/mol. The lowest BCUT2D eigenvalue weighted by Crippen LogP contribution is -2.13. The minimum atomic E-state index is -0.451. The van der Waals surface area contributed by atoms with E-state index in [1.54, 1.807) is 24.6 Å².